The Labute approximate surface area is 150 Å². The van der Waals surface area contributed by atoms with Gasteiger partial charge in [-0.05, 0) is 43.5 Å². The molecule has 1 N–H and O–H groups in total. The largest absolute Gasteiger partial charge is 0.367 e. The maximum atomic E-state index is 12.4. The van der Waals surface area contributed by atoms with Crippen molar-refractivity contribution >= 4 is 28.9 Å². The van der Waals surface area contributed by atoms with Crippen LogP contribution in [0.4, 0.5) is 11.4 Å². The number of nitrogens with one attached hydrogen (secondary N) is 1. The van der Waals surface area contributed by atoms with Crippen molar-refractivity contribution in [1.29, 1.82) is 0 Å². The molecule has 1 saturated carbocycles. The Morgan fingerprint density at radius 2 is 1.92 bits per heavy atom. The van der Waals surface area contributed by atoms with Crippen molar-refractivity contribution in [3.8, 4) is 0 Å². The molecule has 132 valence electrons. The van der Waals surface area contributed by atoms with Crippen molar-refractivity contribution < 1.29 is 4.79 Å². The first kappa shape index (κ1) is 17.6. The van der Waals surface area contributed by atoms with E-state index >= 15 is 0 Å². The van der Waals surface area contributed by atoms with E-state index < -0.39 is 0 Å². The van der Waals surface area contributed by atoms with Gasteiger partial charge in [0.25, 0.3) is 0 Å². The number of piperazine rings is 1. The average molecular weight is 350 g/mol. The van der Waals surface area contributed by atoms with Gasteiger partial charge in [0, 0.05) is 37.6 Å². The van der Waals surface area contributed by atoms with Crippen molar-refractivity contribution in [1.82, 2.24) is 4.90 Å². The second kappa shape index (κ2) is 8.21. The molecule has 24 heavy (non-hydrogen) atoms. The fourth-order valence-corrected chi connectivity index (χ4v) is 4.04. The van der Waals surface area contributed by atoms with E-state index in [4.69, 9.17) is 11.6 Å². The van der Waals surface area contributed by atoms with Crippen LogP contribution in [0.2, 0.25) is 5.02 Å². The molecule has 3 rings (SSSR count). The summed E-state index contributed by atoms with van der Waals surface area (Å²) in [6, 6.07) is 5.83. The zero-order valence-electron chi connectivity index (χ0n) is 14.6. The lowest BCUT2D eigenvalue weighted by Crippen LogP contribution is -2.46. The van der Waals surface area contributed by atoms with Crippen LogP contribution in [-0.2, 0) is 4.79 Å². The molecule has 0 spiro atoms. The molecule has 0 atom stereocenters. The first-order valence-electron chi connectivity index (χ1n) is 9.22. The standard InChI is InChI=1S/C19H28ClN3O/c1-2-22-9-11-23(12-10-22)18-8-7-16(20)14-17(18)21-19(24)13-15-5-3-4-6-15/h7-8,14-15H,2-6,9-13H2,1H3,(H,21,24). The SMILES string of the molecule is CCN1CCN(c2ccc(Cl)cc2NC(=O)CC2CCCC2)CC1. The molecule has 2 aliphatic rings. The molecule has 1 aromatic rings. The van der Waals surface area contributed by atoms with E-state index in [0.717, 1.165) is 44.1 Å². The number of rotatable bonds is 5. The summed E-state index contributed by atoms with van der Waals surface area (Å²) in [5.41, 5.74) is 1.95. The van der Waals surface area contributed by atoms with Gasteiger partial charge in [-0.3, -0.25) is 4.79 Å². The molecule has 1 heterocycles. The van der Waals surface area contributed by atoms with E-state index in [1.165, 1.54) is 25.7 Å². The molecular formula is C19H28ClN3O. The van der Waals surface area contributed by atoms with Crippen molar-refractivity contribution in [2.24, 2.45) is 5.92 Å². The summed E-state index contributed by atoms with van der Waals surface area (Å²) in [4.78, 5) is 17.2. The number of amides is 1. The monoisotopic (exact) mass is 349 g/mol. The number of anilines is 2. The van der Waals surface area contributed by atoms with Crippen molar-refractivity contribution in [3.05, 3.63) is 23.2 Å². The topological polar surface area (TPSA) is 35.6 Å². The van der Waals surface area contributed by atoms with Crippen molar-refractivity contribution in [3.63, 3.8) is 0 Å². The van der Waals surface area contributed by atoms with Crippen LogP contribution in [0, 0.1) is 5.92 Å². The molecular weight excluding hydrogens is 322 g/mol. The van der Waals surface area contributed by atoms with E-state index in [1.54, 1.807) is 0 Å². The van der Waals surface area contributed by atoms with Gasteiger partial charge >= 0.3 is 0 Å². The maximum Gasteiger partial charge on any atom is 0.224 e. The highest BCUT2D eigenvalue weighted by atomic mass is 35.5. The quantitative estimate of drug-likeness (QED) is 0.872. The van der Waals surface area contributed by atoms with Crippen LogP contribution in [-0.4, -0.2) is 43.5 Å². The van der Waals surface area contributed by atoms with Gasteiger partial charge in [0.1, 0.15) is 0 Å². The predicted octanol–water partition coefficient (Wildman–Crippen LogP) is 4.00. The molecule has 5 heteroatoms. The molecule has 2 fully saturated rings. The lowest BCUT2D eigenvalue weighted by atomic mass is 10.0. The average Bonchev–Trinajstić information content (AvgIpc) is 3.08. The summed E-state index contributed by atoms with van der Waals surface area (Å²) in [5.74, 6) is 0.679. The van der Waals surface area contributed by atoms with E-state index in [0.29, 0.717) is 17.4 Å². The summed E-state index contributed by atoms with van der Waals surface area (Å²) in [7, 11) is 0. The Hall–Kier alpha value is -1.26. The molecule has 1 aromatic carbocycles. The Morgan fingerprint density at radius 3 is 2.58 bits per heavy atom. The molecule has 0 bridgehead atoms. The zero-order valence-corrected chi connectivity index (χ0v) is 15.3. The molecule has 1 amide bonds. The lowest BCUT2D eigenvalue weighted by Gasteiger charge is -2.36. The van der Waals surface area contributed by atoms with Crippen molar-refractivity contribution in [2.45, 2.75) is 39.0 Å². The predicted molar refractivity (Wildman–Crippen MR) is 101 cm³/mol. The lowest BCUT2D eigenvalue weighted by molar-refractivity contribution is -0.117. The summed E-state index contributed by atoms with van der Waals surface area (Å²) < 4.78 is 0. The van der Waals surface area contributed by atoms with Gasteiger partial charge in [0.05, 0.1) is 11.4 Å². The van der Waals surface area contributed by atoms with Gasteiger partial charge in [-0.15, -0.1) is 0 Å². The van der Waals surface area contributed by atoms with E-state index in [1.807, 2.05) is 18.2 Å². The van der Waals surface area contributed by atoms with E-state index in [-0.39, 0.29) is 5.91 Å². The number of hydrogen-bond acceptors (Lipinski definition) is 3. The normalized spacial score (nSPS) is 19.7. The number of carbonyl (C=O) groups is 1. The van der Waals surface area contributed by atoms with Crippen molar-refractivity contribution in [2.75, 3.05) is 42.9 Å². The zero-order chi connectivity index (χ0) is 16.9. The number of nitrogens with zero attached hydrogens (tertiary/aromatic N) is 2. The first-order chi connectivity index (χ1) is 11.7. The van der Waals surface area contributed by atoms with Gasteiger partial charge in [-0.25, -0.2) is 0 Å². The van der Waals surface area contributed by atoms with Crippen LogP contribution in [0.1, 0.15) is 39.0 Å². The molecule has 0 unspecified atom stereocenters. The Morgan fingerprint density at radius 1 is 1.21 bits per heavy atom. The van der Waals surface area contributed by atoms with Crippen LogP contribution in [0.3, 0.4) is 0 Å². The minimum absolute atomic E-state index is 0.123. The molecule has 0 aromatic heterocycles. The number of halogens is 1. The molecule has 1 aliphatic heterocycles. The second-order valence-corrected chi connectivity index (χ2v) is 7.42. The number of carbonyl (C=O) groups excluding carboxylic acids is 1. The third kappa shape index (κ3) is 4.42. The smallest absolute Gasteiger partial charge is 0.224 e. The molecule has 4 nitrogen and oxygen atoms in total. The Balaban J connectivity index is 1.67. The summed E-state index contributed by atoms with van der Waals surface area (Å²) in [5, 5.41) is 3.79. The third-order valence-corrected chi connectivity index (χ3v) is 5.58. The Kier molecular flexibility index (Phi) is 6.01. The highest BCUT2D eigenvalue weighted by molar-refractivity contribution is 6.31. The summed E-state index contributed by atoms with van der Waals surface area (Å²) in [6.07, 6.45) is 5.54. The second-order valence-electron chi connectivity index (χ2n) is 6.99. The fraction of sp³-hybridized carbons (Fsp3) is 0.632. The van der Waals surface area contributed by atoms with Gasteiger partial charge in [-0.1, -0.05) is 31.4 Å². The van der Waals surface area contributed by atoms with Gasteiger partial charge in [0.15, 0.2) is 0 Å². The van der Waals surface area contributed by atoms with E-state index in [9.17, 15) is 4.79 Å². The molecule has 0 radical (unpaired) electrons. The minimum Gasteiger partial charge on any atom is -0.367 e. The number of benzene rings is 1. The number of likely N-dealkylation sites (N-methyl/N-ethyl adjacent to an activating group) is 1. The highest BCUT2D eigenvalue weighted by Crippen LogP contribution is 2.32. The third-order valence-electron chi connectivity index (χ3n) is 5.34. The van der Waals surface area contributed by atoms with Crippen LogP contribution < -0.4 is 10.2 Å². The fourth-order valence-electron chi connectivity index (χ4n) is 3.87. The van der Waals surface area contributed by atoms with Gasteiger partial charge in [-0.2, -0.15) is 0 Å². The van der Waals surface area contributed by atoms with Crippen LogP contribution in [0.25, 0.3) is 0 Å². The van der Waals surface area contributed by atoms with Gasteiger partial charge in [0.2, 0.25) is 5.91 Å². The van der Waals surface area contributed by atoms with Crippen LogP contribution in [0.15, 0.2) is 18.2 Å². The molecule has 1 aliphatic carbocycles. The highest BCUT2D eigenvalue weighted by Gasteiger charge is 2.21. The van der Waals surface area contributed by atoms with E-state index in [2.05, 4.69) is 22.0 Å². The first-order valence-corrected chi connectivity index (χ1v) is 9.60. The summed E-state index contributed by atoms with van der Waals surface area (Å²) in [6.45, 7) is 7.40. The van der Waals surface area contributed by atoms with Crippen LogP contribution in [0.5, 0.6) is 0 Å². The molecule has 1 saturated heterocycles. The number of hydrogen-bond donors (Lipinski definition) is 1. The minimum atomic E-state index is 0.123. The maximum absolute atomic E-state index is 12.4. The Bertz CT molecular complexity index is 564. The van der Waals surface area contributed by atoms with Crippen LogP contribution >= 0.6 is 11.6 Å². The van der Waals surface area contributed by atoms with Gasteiger partial charge < -0.3 is 15.1 Å². The summed E-state index contributed by atoms with van der Waals surface area (Å²) >= 11 is 6.18.